The van der Waals surface area contributed by atoms with Crippen LogP contribution in [0.2, 0.25) is 5.02 Å². The Hall–Kier alpha value is -2.79. The van der Waals surface area contributed by atoms with Gasteiger partial charge in [0.2, 0.25) is 0 Å². The van der Waals surface area contributed by atoms with Gasteiger partial charge < -0.3 is 14.1 Å². The second-order valence-corrected chi connectivity index (χ2v) is 5.82. The highest BCUT2D eigenvalue weighted by Gasteiger charge is 2.16. The highest BCUT2D eigenvalue weighted by Crippen LogP contribution is 2.21. The number of hydrogen-bond donors (Lipinski definition) is 0. The lowest BCUT2D eigenvalue weighted by Crippen LogP contribution is -2.14. The third-order valence-corrected chi connectivity index (χ3v) is 3.91. The van der Waals surface area contributed by atoms with E-state index in [0.717, 1.165) is 17.0 Å². The summed E-state index contributed by atoms with van der Waals surface area (Å²) >= 11 is 6.01. The zero-order valence-electron chi connectivity index (χ0n) is 14.0. The lowest BCUT2D eigenvalue weighted by molar-refractivity contribution is 0.213. The maximum Gasteiger partial charge on any atom is 0.162 e. The number of nitrogens with zero attached hydrogens (tertiary/aromatic N) is 3. The molecule has 0 radical (unpaired) electrons. The zero-order valence-corrected chi connectivity index (χ0v) is 14.8. The van der Waals surface area contributed by atoms with Crippen LogP contribution in [0.4, 0.5) is 0 Å². The van der Waals surface area contributed by atoms with Crippen LogP contribution in [-0.2, 0) is 18.5 Å². The van der Waals surface area contributed by atoms with Crippen molar-refractivity contribution in [2.45, 2.75) is 6.61 Å². The molecule has 2 aromatic carbocycles. The molecule has 0 amide bonds. The summed E-state index contributed by atoms with van der Waals surface area (Å²) in [6.07, 6.45) is 3.59. The molecular weight excluding hydrogens is 338 g/mol. The molecule has 0 aliphatic carbocycles. The van der Waals surface area contributed by atoms with Crippen molar-refractivity contribution in [1.82, 2.24) is 9.55 Å². The van der Waals surface area contributed by atoms with Crippen molar-refractivity contribution in [3.8, 4) is 5.75 Å². The van der Waals surface area contributed by atoms with Gasteiger partial charge in [-0.15, -0.1) is 0 Å². The van der Waals surface area contributed by atoms with Crippen LogP contribution in [-0.4, -0.2) is 22.4 Å². The number of ether oxygens (including phenoxy) is 1. The van der Waals surface area contributed by atoms with Gasteiger partial charge in [-0.25, -0.2) is 4.98 Å². The van der Waals surface area contributed by atoms with Crippen LogP contribution in [0.5, 0.6) is 5.75 Å². The van der Waals surface area contributed by atoms with Gasteiger partial charge in [-0.2, -0.15) is 0 Å². The van der Waals surface area contributed by atoms with E-state index in [9.17, 15) is 0 Å². The third-order valence-electron chi connectivity index (χ3n) is 3.68. The molecule has 0 saturated heterocycles. The van der Waals surface area contributed by atoms with E-state index in [4.69, 9.17) is 21.2 Å². The number of aryl methyl sites for hydroxylation is 1. The molecule has 0 bridgehead atoms. The maximum absolute atomic E-state index is 6.01. The van der Waals surface area contributed by atoms with Gasteiger partial charge in [-0.1, -0.05) is 47.1 Å². The van der Waals surface area contributed by atoms with E-state index in [0.29, 0.717) is 23.1 Å². The Kier molecular flexibility index (Phi) is 5.36. The minimum atomic E-state index is 0.379. The minimum absolute atomic E-state index is 0.379. The summed E-state index contributed by atoms with van der Waals surface area (Å²) < 4.78 is 7.78. The Morgan fingerprint density at radius 2 is 2.04 bits per heavy atom. The molecule has 6 heteroatoms. The van der Waals surface area contributed by atoms with Crippen LogP contribution in [0.1, 0.15) is 17.0 Å². The van der Waals surface area contributed by atoms with Crippen LogP contribution in [0.25, 0.3) is 0 Å². The lowest BCUT2D eigenvalue weighted by atomic mass is 10.0. The third kappa shape index (κ3) is 4.00. The van der Waals surface area contributed by atoms with Crippen molar-refractivity contribution in [3.63, 3.8) is 0 Å². The quantitative estimate of drug-likeness (QED) is 0.495. The normalized spacial score (nSPS) is 11.4. The van der Waals surface area contributed by atoms with Crippen molar-refractivity contribution in [2.75, 3.05) is 7.11 Å². The van der Waals surface area contributed by atoms with Crippen LogP contribution in [0.15, 0.2) is 66.1 Å². The molecule has 3 rings (SSSR count). The van der Waals surface area contributed by atoms with E-state index in [-0.39, 0.29) is 0 Å². The monoisotopic (exact) mass is 355 g/mol. The number of imidazole rings is 1. The summed E-state index contributed by atoms with van der Waals surface area (Å²) in [6, 6.07) is 15.2. The molecule has 0 fully saturated rings. The SMILES string of the molecule is CO/N=C(\c1ccccc1COc1cccc(Cl)c1)c1nccn1C. The summed E-state index contributed by atoms with van der Waals surface area (Å²) in [5.41, 5.74) is 2.53. The molecule has 0 atom stereocenters. The molecule has 0 saturated carbocycles. The smallest absolute Gasteiger partial charge is 0.162 e. The average molecular weight is 356 g/mol. The standard InChI is InChI=1S/C19H18ClN3O2/c1-23-11-10-21-19(23)18(22-24-2)17-9-4-3-6-14(17)13-25-16-8-5-7-15(20)12-16/h3-12H,13H2,1-2H3/b22-18+. The largest absolute Gasteiger partial charge is 0.489 e. The van der Waals surface area contributed by atoms with Gasteiger partial charge in [0.05, 0.1) is 0 Å². The summed E-state index contributed by atoms with van der Waals surface area (Å²) in [6.45, 7) is 0.379. The van der Waals surface area contributed by atoms with Gasteiger partial charge in [0.1, 0.15) is 19.5 Å². The van der Waals surface area contributed by atoms with E-state index in [1.165, 1.54) is 7.11 Å². The van der Waals surface area contributed by atoms with Crippen molar-refractivity contribution < 1.29 is 9.57 Å². The Balaban J connectivity index is 1.92. The molecule has 1 heterocycles. The first-order valence-electron chi connectivity index (χ1n) is 7.74. The predicted octanol–water partition coefficient (Wildman–Crippen LogP) is 4.05. The van der Waals surface area contributed by atoms with Crippen molar-refractivity contribution >= 4 is 17.3 Å². The van der Waals surface area contributed by atoms with E-state index in [2.05, 4.69) is 10.1 Å². The van der Waals surface area contributed by atoms with Crippen LogP contribution < -0.4 is 4.74 Å². The molecule has 0 aliphatic heterocycles. The first-order chi connectivity index (χ1) is 12.2. The van der Waals surface area contributed by atoms with E-state index >= 15 is 0 Å². The summed E-state index contributed by atoms with van der Waals surface area (Å²) in [5.74, 6) is 1.43. The number of aromatic nitrogens is 2. The maximum atomic E-state index is 6.01. The summed E-state index contributed by atoms with van der Waals surface area (Å²) in [7, 11) is 3.44. The molecule has 128 valence electrons. The highest BCUT2D eigenvalue weighted by atomic mass is 35.5. The molecule has 5 nitrogen and oxygen atoms in total. The number of oxime groups is 1. The van der Waals surface area contributed by atoms with E-state index in [1.807, 2.05) is 60.3 Å². The number of hydrogen-bond acceptors (Lipinski definition) is 4. The first kappa shape index (κ1) is 17.0. The number of rotatable bonds is 6. The lowest BCUT2D eigenvalue weighted by Gasteiger charge is -2.13. The Morgan fingerprint density at radius 3 is 2.76 bits per heavy atom. The van der Waals surface area contributed by atoms with E-state index < -0.39 is 0 Å². The van der Waals surface area contributed by atoms with Crippen LogP contribution >= 0.6 is 11.6 Å². The van der Waals surface area contributed by atoms with Gasteiger partial charge in [-0.3, -0.25) is 0 Å². The fourth-order valence-corrected chi connectivity index (χ4v) is 2.67. The van der Waals surface area contributed by atoms with E-state index in [1.54, 1.807) is 12.3 Å². The molecule has 0 aliphatic rings. The molecule has 1 aromatic heterocycles. The Labute approximate surface area is 151 Å². The second-order valence-electron chi connectivity index (χ2n) is 5.39. The van der Waals surface area contributed by atoms with Gasteiger partial charge in [0.25, 0.3) is 0 Å². The number of halogens is 1. The predicted molar refractivity (Wildman–Crippen MR) is 98.1 cm³/mol. The second kappa shape index (κ2) is 7.85. The summed E-state index contributed by atoms with van der Waals surface area (Å²) in [4.78, 5) is 9.42. The molecule has 0 unspecified atom stereocenters. The van der Waals surface area contributed by atoms with Crippen LogP contribution in [0, 0.1) is 0 Å². The van der Waals surface area contributed by atoms with Crippen molar-refractivity contribution in [2.24, 2.45) is 12.2 Å². The molecular formula is C19H18ClN3O2. The molecule has 0 spiro atoms. The fraction of sp³-hybridized carbons (Fsp3) is 0.158. The van der Waals surface area contributed by atoms with Crippen molar-refractivity contribution in [1.29, 1.82) is 0 Å². The Morgan fingerprint density at radius 1 is 1.20 bits per heavy atom. The van der Waals surface area contributed by atoms with Gasteiger partial charge in [0.15, 0.2) is 11.5 Å². The minimum Gasteiger partial charge on any atom is -0.489 e. The molecule has 3 aromatic rings. The van der Waals surface area contributed by atoms with Crippen molar-refractivity contribution in [3.05, 3.63) is 82.9 Å². The number of benzene rings is 2. The zero-order chi connectivity index (χ0) is 17.6. The fourth-order valence-electron chi connectivity index (χ4n) is 2.49. The van der Waals surface area contributed by atoms with Gasteiger partial charge in [0, 0.05) is 30.0 Å². The summed E-state index contributed by atoms with van der Waals surface area (Å²) in [5, 5.41) is 4.82. The first-order valence-corrected chi connectivity index (χ1v) is 8.12. The van der Waals surface area contributed by atoms with Gasteiger partial charge >= 0.3 is 0 Å². The van der Waals surface area contributed by atoms with Crippen LogP contribution in [0.3, 0.4) is 0 Å². The molecule has 0 N–H and O–H groups in total. The average Bonchev–Trinajstić information content (AvgIpc) is 3.04. The topological polar surface area (TPSA) is 48.6 Å². The molecule has 25 heavy (non-hydrogen) atoms. The van der Waals surface area contributed by atoms with Gasteiger partial charge in [-0.05, 0) is 23.8 Å². The Bertz CT molecular complexity index is 890. The highest BCUT2D eigenvalue weighted by molar-refractivity contribution is 6.30.